The van der Waals surface area contributed by atoms with Crippen molar-refractivity contribution in [2.75, 3.05) is 14.2 Å². The topological polar surface area (TPSA) is 87.9 Å². The number of benzene rings is 2. The van der Waals surface area contributed by atoms with Crippen LogP contribution in [0.15, 0.2) is 36.4 Å². The predicted octanol–water partition coefficient (Wildman–Crippen LogP) is 2.58. The van der Waals surface area contributed by atoms with Crippen molar-refractivity contribution >= 4 is 11.7 Å². The van der Waals surface area contributed by atoms with Gasteiger partial charge in [0, 0.05) is 17.2 Å². The number of nitrogens with two attached hydrogens (primary N) is 1. The van der Waals surface area contributed by atoms with Crippen LogP contribution < -0.4 is 19.9 Å². The molecule has 0 saturated carbocycles. The number of methoxy groups -OCH3 is 2. The largest absolute Gasteiger partial charge is 0.497 e. The Balaban J connectivity index is 2.32. The van der Waals surface area contributed by atoms with Crippen molar-refractivity contribution in [2.45, 2.75) is 13.5 Å². The molecule has 126 valence electrons. The molecule has 6 heteroatoms. The van der Waals surface area contributed by atoms with Crippen molar-refractivity contribution in [3.63, 3.8) is 0 Å². The molecule has 2 rings (SSSR count). The van der Waals surface area contributed by atoms with Gasteiger partial charge in [0.2, 0.25) is 0 Å². The van der Waals surface area contributed by atoms with Crippen LogP contribution in [0.4, 0.5) is 0 Å². The standard InChI is InChI=1S/C18H19NO5/c1-11(20)12-4-7-16(23-3)13(8-12)10-24-17-9-14(22-2)5-6-15(17)18(19)21/h4-9H,10H2,1-3H3,(H2,19,21). The molecule has 2 aromatic carbocycles. The van der Waals surface area contributed by atoms with Crippen LogP contribution in [0.3, 0.4) is 0 Å². The van der Waals surface area contributed by atoms with E-state index < -0.39 is 5.91 Å². The summed E-state index contributed by atoms with van der Waals surface area (Å²) in [6.45, 7) is 1.59. The third kappa shape index (κ3) is 3.84. The fourth-order valence-electron chi connectivity index (χ4n) is 2.22. The van der Waals surface area contributed by atoms with Crippen LogP contribution in [0.2, 0.25) is 0 Å². The molecule has 0 spiro atoms. The minimum atomic E-state index is -0.600. The summed E-state index contributed by atoms with van der Waals surface area (Å²) in [5.41, 5.74) is 6.85. The lowest BCUT2D eigenvalue weighted by Crippen LogP contribution is -2.13. The number of carbonyl (C=O) groups excluding carboxylic acids is 2. The smallest absolute Gasteiger partial charge is 0.252 e. The molecular formula is C18H19NO5. The Bertz CT molecular complexity index is 770. The zero-order valence-corrected chi connectivity index (χ0v) is 13.8. The molecule has 0 heterocycles. The number of rotatable bonds is 7. The van der Waals surface area contributed by atoms with Crippen molar-refractivity contribution in [1.82, 2.24) is 0 Å². The Kier molecular flexibility index (Phi) is 5.42. The average Bonchev–Trinajstić information content (AvgIpc) is 2.58. The van der Waals surface area contributed by atoms with Crippen LogP contribution in [-0.4, -0.2) is 25.9 Å². The highest BCUT2D eigenvalue weighted by Gasteiger charge is 2.13. The van der Waals surface area contributed by atoms with E-state index in [2.05, 4.69) is 0 Å². The highest BCUT2D eigenvalue weighted by atomic mass is 16.5. The molecule has 6 nitrogen and oxygen atoms in total. The Hall–Kier alpha value is -3.02. The van der Waals surface area contributed by atoms with Gasteiger partial charge in [-0.1, -0.05) is 0 Å². The molecule has 1 amide bonds. The summed E-state index contributed by atoms with van der Waals surface area (Å²) in [7, 11) is 3.05. The van der Waals surface area contributed by atoms with Crippen molar-refractivity contribution in [1.29, 1.82) is 0 Å². The molecule has 0 aromatic heterocycles. The minimum Gasteiger partial charge on any atom is -0.497 e. The lowest BCUT2D eigenvalue weighted by molar-refractivity contribution is 0.0993. The van der Waals surface area contributed by atoms with Gasteiger partial charge in [-0.15, -0.1) is 0 Å². The van der Waals surface area contributed by atoms with Crippen molar-refractivity contribution < 1.29 is 23.8 Å². The number of amides is 1. The zero-order valence-electron chi connectivity index (χ0n) is 13.8. The summed E-state index contributed by atoms with van der Waals surface area (Å²) >= 11 is 0. The van der Waals surface area contributed by atoms with E-state index in [0.717, 1.165) is 0 Å². The van der Waals surface area contributed by atoms with Gasteiger partial charge in [-0.2, -0.15) is 0 Å². The van der Waals surface area contributed by atoms with Crippen LogP contribution >= 0.6 is 0 Å². The number of primary amides is 1. The van der Waals surface area contributed by atoms with Crippen LogP contribution in [0, 0.1) is 0 Å². The fraction of sp³-hybridized carbons (Fsp3) is 0.222. The van der Waals surface area contributed by atoms with Crippen LogP contribution in [-0.2, 0) is 6.61 Å². The quantitative estimate of drug-likeness (QED) is 0.789. The maximum Gasteiger partial charge on any atom is 0.252 e. The first-order valence-corrected chi connectivity index (χ1v) is 7.24. The third-order valence-corrected chi connectivity index (χ3v) is 3.52. The highest BCUT2D eigenvalue weighted by molar-refractivity contribution is 5.96. The SMILES string of the molecule is COc1ccc(C(N)=O)c(OCc2cc(C(C)=O)ccc2OC)c1. The van der Waals surface area contributed by atoms with E-state index in [1.807, 2.05) is 0 Å². The highest BCUT2D eigenvalue weighted by Crippen LogP contribution is 2.27. The zero-order chi connectivity index (χ0) is 17.7. The van der Waals surface area contributed by atoms with E-state index in [4.69, 9.17) is 19.9 Å². The number of hydrogen-bond donors (Lipinski definition) is 1. The Morgan fingerprint density at radius 2 is 1.75 bits per heavy atom. The van der Waals surface area contributed by atoms with Gasteiger partial charge in [0.05, 0.1) is 19.8 Å². The summed E-state index contributed by atoms with van der Waals surface area (Å²) in [6, 6.07) is 9.84. The molecule has 0 unspecified atom stereocenters. The first-order valence-electron chi connectivity index (χ1n) is 7.24. The van der Waals surface area contributed by atoms with E-state index in [1.54, 1.807) is 36.4 Å². The van der Waals surface area contributed by atoms with Gasteiger partial charge < -0.3 is 19.9 Å². The minimum absolute atomic E-state index is 0.0573. The van der Waals surface area contributed by atoms with Crippen LogP contribution in [0.5, 0.6) is 17.2 Å². The number of Topliss-reactive ketones (excluding diaryl/α,β-unsaturated/α-hetero) is 1. The Labute approximate surface area is 140 Å². The van der Waals surface area contributed by atoms with E-state index in [-0.39, 0.29) is 18.0 Å². The third-order valence-electron chi connectivity index (χ3n) is 3.52. The van der Waals surface area contributed by atoms with E-state index in [0.29, 0.717) is 28.4 Å². The molecule has 0 aliphatic carbocycles. The second-order valence-corrected chi connectivity index (χ2v) is 5.10. The maximum absolute atomic E-state index is 11.5. The van der Waals surface area contributed by atoms with Gasteiger partial charge in [0.25, 0.3) is 5.91 Å². The summed E-state index contributed by atoms with van der Waals surface area (Å²) in [6.07, 6.45) is 0. The summed E-state index contributed by atoms with van der Waals surface area (Å²) < 4.78 is 16.2. The molecule has 0 fully saturated rings. The van der Waals surface area contributed by atoms with Crippen LogP contribution in [0.1, 0.15) is 33.2 Å². The van der Waals surface area contributed by atoms with E-state index in [9.17, 15) is 9.59 Å². The molecule has 24 heavy (non-hydrogen) atoms. The first kappa shape index (κ1) is 17.3. The van der Waals surface area contributed by atoms with Gasteiger partial charge in [-0.25, -0.2) is 0 Å². The average molecular weight is 329 g/mol. The van der Waals surface area contributed by atoms with E-state index >= 15 is 0 Å². The summed E-state index contributed by atoms with van der Waals surface area (Å²) in [5.74, 6) is 0.773. The molecule has 2 aromatic rings. The number of carbonyl (C=O) groups is 2. The lowest BCUT2D eigenvalue weighted by atomic mass is 10.1. The van der Waals surface area contributed by atoms with Crippen molar-refractivity contribution in [3.8, 4) is 17.2 Å². The Morgan fingerprint density at radius 1 is 1.00 bits per heavy atom. The second-order valence-electron chi connectivity index (χ2n) is 5.10. The molecule has 0 bridgehead atoms. The molecule has 0 aliphatic heterocycles. The predicted molar refractivity (Wildman–Crippen MR) is 88.8 cm³/mol. The molecule has 0 aliphatic rings. The van der Waals surface area contributed by atoms with Crippen molar-refractivity contribution in [3.05, 3.63) is 53.1 Å². The molecule has 2 N–H and O–H groups in total. The molecule has 0 atom stereocenters. The normalized spacial score (nSPS) is 10.1. The van der Waals surface area contributed by atoms with E-state index in [1.165, 1.54) is 21.1 Å². The van der Waals surface area contributed by atoms with Crippen LogP contribution in [0.25, 0.3) is 0 Å². The summed E-state index contributed by atoms with van der Waals surface area (Å²) in [5, 5.41) is 0. The first-order chi connectivity index (χ1) is 11.5. The van der Waals surface area contributed by atoms with Crippen molar-refractivity contribution in [2.24, 2.45) is 5.73 Å². The number of ketones is 1. The molecular weight excluding hydrogens is 310 g/mol. The maximum atomic E-state index is 11.5. The van der Waals surface area contributed by atoms with Gasteiger partial charge in [0.15, 0.2) is 5.78 Å². The number of ether oxygens (including phenoxy) is 3. The molecule has 0 radical (unpaired) electrons. The monoisotopic (exact) mass is 329 g/mol. The fourth-order valence-corrected chi connectivity index (χ4v) is 2.22. The second kappa shape index (κ2) is 7.50. The summed E-state index contributed by atoms with van der Waals surface area (Å²) in [4.78, 5) is 23.1. The van der Waals surface area contributed by atoms with Gasteiger partial charge >= 0.3 is 0 Å². The molecule has 0 saturated heterocycles. The van der Waals surface area contributed by atoms with Gasteiger partial charge in [-0.05, 0) is 37.3 Å². The lowest BCUT2D eigenvalue weighted by Gasteiger charge is -2.14. The van der Waals surface area contributed by atoms with Gasteiger partial charge in [0.1, 0.15) is 23.9 Å². The number of hydrogen-bond acceptors (Lipinski definition) is 5. The Morgan fingerprint density at radius 3 is 2.33 bits per heavy atom. The van der Waals surface area contributed by atoms with Gasteiger partial charge in [-0.3, -0.25) is 9.59 Å².